The lowest BCUT2D eigenvalue weighted by Gasteiger charge is -2.13. The summed E-state index contributed by atoms with van der Waals surface area (Å²) in [4.78, 5) is 24.3. The predicted molar refractivity (Wildman–Crippen MR) is 129 cm³/mol. The molecule has 32 heavy (non-hydrogen) atoms. The molecule has 1 aliphatic rings. The molecule has 4 rings (SSSR count). The van der Waals surface area contributed by atoms with Crippen LogP contribution in [0.1, 0.15) is 41.6 Å². The smallest absolute Gasteiger partial charge is 0.263 e. The van der Waals surface area contributed by atoms with E-state index in [1.54, 1.807) is 46.9 Å². The molecule has 1 unspecified atom stereocenters. The summed E-state index contributed by atoms with van der Waals surface area (Å²) in [6.07, 6.45) is 2.28. The van der Waals surface area contributed by atoms with Gasteiger partial charge in [-0.1, -0.05) is 31.9 Å². The molecule has 1 atom stereocenters. The molecule has 0 radical (unpaired) electrons. The summed E-state index contributed by atoms with van der Waals surface area (Å²) in [5, 5.41) is 6.01. The second kappa shape index (κ2) is 9.51. The second-order valence-corrected chi connectivity index (χ2v) is 11.4. The van der Waals surface area contributed by atoms with E-state index < -0.39 is 16.1 Å². The standard InChI is InChI=1S/C22H24N4O3S3/c1-3-4-8-17(25-21-16-7-5-6-9-20(16)32(28,29)26-21)22(27)23-12-15-10-11-19(31-15)18-13-30-14(2)24-18/h5-7,9-11,13,17H,3-4,8,12H2,1-2H3,(H,23,27)(H,25,26). The van der Waals surface area contributed by atoms with Gasteiger partial charge in [0.1, 0.15) is 11.9 Å². The maximum Gasteiger partial charge on any atom is 0.263 e. The largest absolute Gasteiger partial charge is 0.349 e. The Morgan fingerprint density at radius 3 is 2.81 bits per heavy atom. The Balaban J connectivity index is 1.49. The number of amides is 1. The Morgan fingerprint density at radius 1 is 1.25 bits per heavy atom. The number of carbonyl (C=O) groups excluding carboxylic acids is 1. The van der Waals surface area contributed by atoms with Crippen LogP contribution in [0.15, 0.2) is 51.7 Å². The lowest BCUT2D eigenvalue weighted by Crippen LogP contribution is -2.35. The van der Waals surface area contributed by atoms with Gasteiger partial charge in [0.05, 0.1) is 27.0 Å². The lowest BCUT2D eigenvalue weighted by atomic mass is 10.1. The van der Waals surface area contributed by atoms with E-state index in [1.165, 1.54) is 0 Å². The average Bonchev–Trinajstić information content (AvgIpc) is 3.48. The second-order valence-electron chi connectivity index (χ2n) is 7.47. The van der Waals surface area contributed by atoms with E-state index in [-0.39, 0.29) is 16.6 Å². The molecule has 1 aromatic carbocycles. The summed E-state index contributed by atoms with van der Waals surface area (Å²) >= 11 is 3.21. The van der Waals surface area contributed by atoms with E-state index in [9.17, 15) is 13.2 Å². The molecule has 1 amide bonds. The zero-order valence-electron chi connectivity index (χ0n) is 17.8. The molecule has 168 valence electrons. The summed E-state index contributed by atoms with van der Waals surface area (Å²) in [6.45, 7) is 4.41. The van der Waals surface area contributed by atoms with Gasteiger partial charge >= 0.3 is 0 Å². The Labute approximate surface area is 195 Å². The summed E-state index contributed by atoms with van der Waals surface area (Å²) in [5.74, 6) is 0.0168. The first-order valence-corrected chi connectivity index (χ1v) is 13.5. The number of aliphatic imine (C=N–C) groups is 1. The number of thiophene rings is 1. The highest BCUT2D eigenvalue weighted by Gasteiger charge is 2.31. The highest BCUT2D eigenvalue weighted by molar-refractivity contribution is 7.90. The van der Waals surface area contributed by atoms with Crippen molar-refractivity contribution in [1.82, 2.24) is 15.0 Å². The number of nitrogens with one attached hydrogen (secondary N) is 2. The van der Waals surface area contributed by atoms with Crippen LogP contribution in [0.3, 0.4) is 0 Å². The quantitative estimate of drug-likeness (QED) is 0.499. The molecule has 0 fully saturated rings. The number of unbranched alkanes of at least 4 members (excludes halogenated alkanes) is 1. The molecule has 0 spiro atoms. The number of aromatic nitrogens is 1. The molecule has 2 N–H and O–H groups in total. The third-order valence-electron chi connectivity index (χ3n) is 5.05. The van der Waals surface area contributed by atoms with E-state index >= 15 is 0 Å². The lowest BCUT2D eigenvalue weighted by molar-refractivity contribution is -0.122. The minimum Gasteiger partial charge on any atom is -0.349 e. The number of carbonyl (C=O) groups is 1. The molecule has 0 saturated carbocycles. The van der Waals surface area contributed by atoms with Crippen LogP contribution in [0.4, 0.5) is 0 Å². The Hall–Kier alpha value is -2.56. The van der Waals surface area contributed by atoms with Crippen molar-refractivity contribution in [3.8, 4) is 10.6 Å². The Bertz CT molecular complexity index is 1260. The van der Waals surface area contributed by atoms with Crippen molar-refractivity contribution < 1.29 is 13.2 Å². The number of aryl methyl sites for hydroxylation is 1. The number of benzene rings is 1. The zero-order chi connectivity index (χ0) is 22.7. The fourth-order valence-corrected chi connectivity index (χ4v) is 6.25. The summed E-state index contributed by atoms with van der Waals surface area (Å²) in [7, 11) is -3.64. The monoisotopic (exact) mass is 488 g/mol. The van der Waals surface area contributed by atoms with Crippen molar-refractivity contribution >= 4 is 44.4 Å². The number of amidine groups is 1. The molecule has 1 aliphatic heterocycles. The molecule has 2 aromatic heterocycles. The van der Waals surface area contributed by atoms with Gasteiger partial charge in [-0.15, -0.1) is 22.7 Å². The van der Waals surface area contributed by atoms with Crippen molar-refractivity contribution in [1.29, 1.82) is 0 Å². The van der Waals surface area contributed by atoms with Crippen molar-refractivity contribution in [2.45, 2.75) is 50.6 Å². The van der Waals surface area contributed by atoms with Gasteiger partial charge in [-0.3, -0.25) is 14.5 Å². The average molecular weight is 489 g/mol. The van der Waals surface area contributed by atoms with E-state index in [2.05, 4.69) is 20.0 Å². The summed E-state index contributed by atoms with van der Waals surface area (Å²) < 4.78 is 27.2. The third kappa shape index (κ3) is 4.92. The highest BCUT2D eigenvalue weighted by atomic mass is 32.2. The van der Waals surface area contributed by atoms with Crippen LogP contribution >= 0.6 is 22.7 Å². The van der Waals surface area contributed by atoms with Crippen LogP contribution in [-0.4, -0.2) is 31.2 Å². The number of hydrogen-bond acceptors (Lipinski definition) is 7. The number of nitrogens with zero attached hydrogens (tertiary/aromatic N) is 2. The summed E-state index contributed by atoms with van der Waals surface area (Å²) in [5.41, 5.74) is 1.46. The molecule has 7 nitrogen and oxygen atoms in total. The van der Waals surface area contributed by atoms with Gasteiger partial charge < -0.3 is 5.32 Å². The fraction of sp³-hybridized carbons (Fsp3) is 0.318. The molecule has 0 aliphatic carbocycles. The molecule has 0 bridgehead atoms. The van der Waals surface area contributed by atoms with Crippen molar-refractivity contribution in [3.05, 3.63) is 57.2 Å². The van der Waals surface area contributed by atoms with Crippen LogP contribution in [0.5, 0.6) is 0 Å². The van der Waals surface area contributed by atoms with E-state index in [4.69, 9.17) is 0 Å². The van der Waals surface area contributed by atoms with Gasteiger partial charge in [-0.05, 0) is 37.6 Å². The molecular formula is C22H24N4O3S3. The Morgan fingerprint density at radius 2 is 2.06 bits per heavy atom. The third-order valence-corrected chi connectivity index (χ3v) is 8.33. The first-order chi connectivity index (χ1) is 15.4. The van der Waals surface area contributed by atoms with Gasteiger partial charge in [0.2, 0.25) is 5.91 Å². The maximum absolute atomic E-state index is 13.0. The van der Waals surface area contributed by atoms with Crippen molar-refractivity contribution in [2.75, 3.05) is 0 Å². The van der Waals surface area contributed by atoms with Crippen molar-refractivity contribution in [2.24, 2.45) is 4.99 Å². The summed E-state index contributed by atoms with van der Waals surface area (Å²) in [6, 6.07) is 10.0. The number of fused-ring (bicyclic) bond motifs is 1. The van der Waals surface area contributed by atoms with Crippen molar-refractivity contribution in [3.63, 3.8) is 0 Å². The number of hydrogen-bond donors (Lipinski definition) is 2. The topological polar surface area (TPSA) is 101 Å². The Kier molecular flexibility index (Phi) is 6.73. The van der Waals surface area contributed by atoms with Crippen LogP contribution < -0.4 is 10.0 Å². The minimum absolute atomic E-state index is 0.191. The van der Waals surface area contributed by atoms with E-state index in [1.807, 2.05) is 31.4 Å². The maximum atomic E-state index is 13.0. The van der Waals surface area contributed by atoms with Crippen LogP contribution in [0, 0.1) is 6.92 Å². The molecule has 3 aromatic rings. The van der Waals surface area contributed by atoms with Gasteiger partial charge in [-0.25, -0.2) is 13.4 Å². The number of rotatable bonds is 8. The van der Waals surface area contributed by atoms with Gasteiger partial charge in [0.25, 0.3) is 10.0 Å². The first kappa shape index (κ1) is 22.6. The van der Waals surface area contributed by atoms with E-state index in [0.717, 1.165) is 33.3 Å². The van der Waals surface area contributed by atoms with Crippen LogP contribution in [0.25, 0.3) is 10.6 Å². The van der Waals surface area contributed by atoms with Gasteiger partial charge in [-0.2, -0.15) is 0 Å². The normalized spacial score (nSPS) is 16.5. The molecular weight excluding hydrogens is 464 g/mol. The van der Waals surface area contributed by atoms with Crippen LogP contribution in [0.2, 0.25) is 0 Å². The predicted octanol–water partition coefficient (Wildman–Crippen LogP) is 4.09. The highest BCUT2D eigenvalue weighted by Crippen LogP contribution is 2.29. The fourth-order valence-electron chi connectivity index (χ4n) is 3.42. The number of thiazole rings is 1. The molecule has 10 heteroatoms. The van der Waals surface area contributed by atoms with Gasteiger partial charge in [0.15, 0.2) is 0 Å². The number of sulfonamides is 1. The van der Waals surface area contributed by atoms with E-state index in [0.29, 0.717) is 18.5 Å². The van der Waals surface area contributed by atoms with Gasteiger partial charge in [0, 0.05) is 15.8 Å². The zero-order valence-corrected chi connectivity index (χ0v) is 20.2. The first-order valence-electron chi connectivity index (χ1n) is 10.4. The molecule has 0 saturated heterocycles. The van der Waals surface area contributed by atoms with Crippen LogP contribution in [-0.2, 0) is 21.4 Å². The SMILES string of the molecule is CCCCC(N=C1NS(=O)(=O)c2ccccc21)C(=O)NCc1ccc(-c2csc(C)n2)s1. The molecule has 3 heterocycles. The minimum atomic E-state index is -3.64.